The van der Waals surface area contributed by atoms with Gasteiger partial charge in [0.2, 0.25) is 0 Å². The summed E-state index contributed by atoms with van der Waals surface area (Å²) in [5, 5.41) is 0. The molecular weight excluding hydrogens is 985 g/mol. The maximum Gasteiger partial charge on any atom is 0.306 e. The third-order valence-corrected chi connectivity index (χ3v) is 16.1. The fourth-order valence-electron chi connectivity index (χ4n) is 10.8. The van der Waals surface area contributed by atoms with Gasteiger partial charge in [0.1, 0.15) is 13.2 Å². The van der Waals surface area contributed by atoms with Gasteiger partial charge < -0.3 is 14.2 Å². The van der Waals surface area contributed by atoms with Crippen LogP contribution < -0.4 is 0 Å². The number of carbonyl (C=O) groups is 3. The van der Waals surface area contributed by atoms with Gasteiger partial charge in [0.05, 0.1) is 0 Å². The highest BCUT2D eigenvalue weighted by Gasteiger charge is 2.19. The van der Waals surface area contributed by atoms with Gasteiger partial charge in [0.25, 0.3) is 0 Å². The quantitative estimate of drug-likeness (QED) is 0.0261. The van der Waals surface area contributed by atoms with Crippen molar-refractivity contribution >= 4 is 17.9 Å². The third-order valence-electron chi connectivity index (χ3n) is 16.1. The molecule has 0 spiro atoms. The van der Waals surface area contributed by atoms with Crippen LogP contribution >= 0.6 is 0 Å². The lowest BCUT2D eigenvalue weighted by atomic mass is 10.0. The maximum absolute atomic E-state index is 12.9. The van der Waals surface area contributed by atoms with Gasteiger partial charge in [-0.15, -0.1) is 0 Å². The first-order valence-corrected chi connectivity index (χ1v) is 35.6. The number of hydrogen-bond donors (Lipinski definition) is 0. The van der Waals surface area contributed by atoms with Crippen LogP contribution in [0.15, 0.2) is 48.6 Å². The minimum Gasteiger partial charge on any atom is -0.462 e. The fourth-order valence-corrected chi connectivity index (χ4v) is 10.8. The molecule has 0 bridgehead atoms. The molecule has 0 fully saturated rings. The average molecular weight is 1120 g/mol. The Kier molecular flexibility index (Phi) is 66.6. The summed E-state index contributed by atoms with van der Waals surface area (Å²) in [6.45, 7) is 6.58. The standard InChI is InChI=1S/C74H136O6/c1-4-7-10-13-16-19-22-25-27-29-30-31-32-33-34-35-36-37-38-39-40-41-42-43-44-46-47-49-52-55-58-61-64-67-73(76)79-70-71(69-78-72(75)66-63-60-57-54-51-24-21-18-15-12-9-6-3)80-74(77)68-65-62-59-56-53-50-48-45-28-26-23-20-17-14-11-8-5-2/h8,11,17,20,26,28-30,71H,4-7,9-10,12-16,18-19,21-25,27,31-70H2,1-3H3/b11-8-,20-17-,28-26-,30-29-. The summed E-state index contributed by atoms with van der Waals surface area (Å²) in [5.41, 5.74) is 0. The molecule has 0 rings (SSSR count). The molecule has 0 N–H and O–H groups in total. The summed E-state index contributed by atoms with van der Waals surface area (Å²) >= 11 is 0. The lowest BCUT2D eigenvalue weighted by Gasteiger charge is -2.18. The summed E-state index contributed by atoms with van der Waals surface area (Å²) < 4.78 is 17.0. The summed E-state index contributed by atoms with van der Waals surface area (Å²) in [4.78, 5) is 38.3. The van der Waals surface area contributed by atoms with Crippen LogP contribution in [0, 0.1) is 0 Å². The van der Waals surface area contributed by atoms with Gasteiger partial charge in [0, 0.05) is 19.3 Å². The zero-order chi connectivity index (χ0) is 57.8. The first kappa shape index (κ1) is 77.4. The Morgan fingerprint density at radius 3 is 0.775 bits per heavy atom. The monoisotopic (exact) mass is 1120 g/mol. The largest absolute Gasteiger partial charge is 0.462 e. The second-order valence-electron chi connectivity index (χ2n) is 24.1. The van der Waals surface area contributed by atoms with E-state index in [-0.39, 0.29) is 31.1 Å². The highest BCUT2D eigenvalue weighted by molar-refractivity contribution is 5.71. The molecule has 0 aromatic carbocycles. The Morgan fingerprint density at radius 2 is 0.487 bits per heavy atom. The molecule has 80 heavy (non-hydrogen) atoms. The normalized spacial score (nSPS) is 12.3. The van der Waals surface area contributed by atoms with E-state index in [0.29, 0.717) is 19.3 Å². The van der Waals surface area contributed by atoms with Gasteiger partial charge in [-0.1, -0.05) is 339 Å². The minimum absolute atomic E-state index is 0.0721. The van der Waals surface area contributed by atoms with E-state index in [1.807, 2.05) is 0 Å². The summed E-state index contributed by atoms with van der Waals surface area (Å²) in [6, 6.07) is 0. The topological polar surface area (TPSA) is 78.9 Å². The highest BCUT2D eigenvalue weighted by atomic mass is 16.6. The predicted octanol–water partition coefficient (Wildman–Crippen LogP) is 24.5. The van der Waals surface area contributed by atoms with Gasteiger partial charge in [-0.25, -0.2) is 0 Å². The van der Waals surface area contributed by atoms with Gasteiger partial charge in [-0.05, 0) is 77.0 Å². The van der Waals surface area contributed by atoms with Crippen molar-refractivity contribution in [3.8, 4) is 0 Å². The fraction of sp³-hybridized carbons (Fsp3) is 0.851. The zero-order valence-electron chi connectivity index (χ0n) is 53.9. The Labute approximate surface area is 498 Å². The molecule has 6 heteroatoms. The van der Waals surface area contributed by atoms with Crippen molar-refractivity contribution in [3.05, 3.63) is 48.6 Å². The van der Waals surface area contributed by atoms with Crippen LogP contribution in [0.5, 0.6) is 0 Å². The third kappa shape index (κ3) is 66.2. The summed E-state index contributed by atoms with van der Waals surface area (Å²) in [5.74, 6) is -0.858. The molecule has 1 unspecified atom stereocenters. The molecule has 6 nitrogen and oxygen atoms in total. The molecular formula is C74H136O6. The number of ether oxygens (including phenoxy) is 3. The number of rotatable bonds is 66. The molecule has 0 amide bonds. The van der Waals surface area contributed by atoms with E-state index in [1.54, 1.807) is 0 Å². The first-order chi connectivity index (χ1) is 39.5. The van der Waals surface area contributed by atoms with E-state index in [0.717, 1.165) is 83.5 Å². The van der Waals surface area contributed by atoms with Crippen LogP contribution in [0.1, 0.15) is 387 Å². The van der Waals surface area contributed by atoms with Crippen molar-refractivity contribution in [3.63, 3.8) is 0 Å². The van der Waals surface area contributed by atoms with Crippen molar-refractivity contribution in [1.29, 1.82) is 0 Å². The molecule has 0 heterocycles. The van der Waals surface area contributed by atoms with Gasteiger partial charge >= 0.3 is 17.9 Å². The summed E-state index contributed by atoms with van der Waals surface area (Å²) in [7, 11) is 0. The van der Waals surface area contributed by atoms with E-state index in [9.17, 15) is 14.4 Å². The zero-order valence-corrected chi connectivity index (χ0v) is 53.9. The maximum atomic E-state index is 12.9. The lowest BCUT2D eigenvalue weighted by Crippen LogP contribution is -2.30. The number of allylic oxidation sites excluding steroid dienone is 8. The molecule has 0 aromatic rings. The van der Waals surface area contributed by atoms with Crippen molar-refractivity contribution < 1.29 is 28.6 Å². The second-order valence-corrected chi connectivity index (χ2v) is 24.1. The van der Waals surface area contributed by atoms with Gasteiger partial charge in [-0.3, -0.25) is 14.4 Å². The van der Waals surface area contributed by atoms with Crippen LogP contribution in [0.2, 0.25) is 0 Å². The van der Waals surface area contributed by atoms with E-state index in [2.05, 4.69) is 69.4 Å². The Morgan fingerprint density at radius 1 is 0.263 bits per heavy atom. The molecule has 468 valence electrons. The predicted molar refractivity (Wildman–Crippen MR) is 349 cm³/mol. The van der Waals surface area contributed by atoms with Crippen LogP contribution in [0.3, 0.4) is 0 Å². The van der Waals surface area contributed by atoms with Gasteiger partial charge in [-0.2, -0.15) is 0 Å². The molecule has 0 radical (unpaired) electrons. The molecule has 0 saturated heterocycles. The number of esters is 3. The Balaban J connectivity index is 4.09. The van der Waals surface area contributed by atoms with E-state index in [1.165, 1.54) is 263 Å². The summed E-state index contributed by atoms with van der Waals surface area (Å²) in [6.07, 6.45) is 87.3. The smallest absolute Gasteiger partial charge is 0.306 e. The van der Waals surface area contributed by atoms with Crippen LogP contribution in [0.25, 0.3) is 0 Å². The van der Waals surface area contributed by atoms with E-state index >= 15 is 0 Å². The SMILES string of the molecule is CC/C=C\C/C=C\C/C=C\CCCCCCCCCC(=O)OC(COC(=O)CCCCCCCCCCCCCC)COC(=O)CCCCCCCCCCCCCCCCCCCCCCC/C=C\CCCCCCCCCC. The average Bonchev–Trinajstić information content (AvgIpc) is 3.46. The Hall–Kier alpha value is -2.63. The van der Waals surface area contributed by atoms with Crippen molar-refractivity contribution in [2.24, 2.45) is 0 Å². The lowest BCUT2D eigenvalue weighted by molar-refractivity contribution is -0.167. The first-order valence-electron chi connectivity index (χ1n) is 35.6. The van der Waals surface area contributed by atoms with Crippen LogP contribution in [-0.2, 0) is 28.6 Å². The van der Waals surface area contributed by atoms with E-state index < -0.39 is 6.10 Å². The molecule has 0 aliphatic rings. The molecule has 0 aliphatic carbocycles. The van der Waals surface area contributed by atoms with Gasteiger partial charge in [0.15, 0.2) is 6.10 Å². The van der Waals surface area contributed by atoms with Crippen LogP contribution in [0.4, 0.5) is 0 Å². The van der Waals surface area contributed by atoms with E-state index in [4.69, 9.17) is 14.2 Å². The Bertz CT molecular complexity index is 1380. The molecule has 0 aromatic heterocycles. The number of carbonyl (C=O) groups excluding carboxylic acids is 3. The number of hydrogen-bond acceptors (Lipinski definition) is 6. The minimum atomic E-state index is -0.776. The second kappa shape index (κ2) is 68.9. The van der Waals surface area contributed by atoms with Crippen molar-refractivity contribution in [1.82, 2.24) is 0 Å². The number of unbranched alkanes of at least 4 members (excludes halogenated alkanes) is 47. The van der Waals surface area contributed by atoms with Crippen LogP contribution in [-0.4, -0.2) is 37.2 Å². The van der Waals surface area contributed by atoms with Crippen molar-refractivity contribution in [2.75, 3.05) is 13.2 Å². The molecule has 1 atom stereocenters. The highest BCUT2D eigenvalue weighted by Crippen LogP contribution is 2.18. The molecule has 0 saturated carbocycles. The van der Waals surface area contributed by atoms with Crippen molar-refractivity contribution in [2.45, 2.75) is 393 Å². The molecule has 0 aliphatic heterocycles.